The lowest BCUT2D eigenvalue weighted by molar-refractivity contribution is 0.182. The van der Waals surface area contributed by atoms with Gasteiger partial charge in [-0.1, -0.05) is 0 Å². The van der Waals surface area contributed by atoms with Crippen LogP contribution in [0.1, 0.15) is 18.7 Å². The molecule has 5 heteroatoms. The van der Waals surface area contributed by atoms with Crippen LogP contribution >= 0.6 is 0 Å². The fourth-order valence-electron chi connectivity index (χ4n) is 1.75. The summed E-state index contributed by atoms with van der Waals surface area (Å²) in [6, 6.07) is 0.549. The number of hydrogen-bond acceptors (Lipinski definition) is 5. The van der Waals surface area contributed by atoms with Gasteiger partial charge >= 0.3 is 0 Å². The zero-order chi connectivity index (χ0) is 9.97. The van der Waals surface area contributed by atoms with E-state index in [-0.39, 0.29) is 0 Å². The van der Waals surface area contributed by atoms with Gasteiger partial charge in [-0.3, -0.25) is 4.90 Å². The first-order chi connectivity index (χ1) is 6.74. The third-order valence-corrected chi connectivity index (χ3v) is 2.38. The lowest BCUT2D eigenvalue weighted by Gasteiger charge is -2.30. The molecule has 1 aliphatic heterocycles. The van der Waals surface area contributed by atoms with Gasteiger partial charge in [0.2, 0.25) is 11.8 Å². The van der Waals surface area contributed by atoms with E-state index >= 15 is 0 Å². The van der Waals surface area contributed by atoms with Crippen molar-refractivity contribution in [1.29, 1.82) is 0 Å². The number of aromatic nitrogens is 2. The highest BCUT2D eigenvalue weighted by Crippen LogP contribution is 2.05. The maximum atomic E-state index is 5.34. The summed E-state index contributed by atoms with van der Waals surface area (Å²) in [7, 11) is 0. The highest BCUT2D eigenvalue weighted by atomic mass is 16.4. The van der Waals surface area contributed by atoms with Gasteiger partial charge in [-0.15, -0.1) is 10.2 Å². The molecule has 1 aromatic heterocycles. The first-order valence-corrected chi connectivity index (χ1v) is 4.99. The summed E-state index contributed by atoms with van der Waals surface area (Å²) in [5.41, 5.74) is 0. The van der Waals surface area contributed by atoms with Gasteiger partial charge in [0.1, 0.15) is 0 Å². The minimum absolute atomic E-state index is 0.549. The Morgan fingerprint density at radius 3 is 3.07 bits per heavy atom. The monoisotopic (exact) mass is 196 g/mol. The van der Waals surface area contributed by atoms with E-state index in [2.05, 4.69) is 27.3 Å². The smallest absolute Gasteiger partial charge is 0.230 e. The van der Waals surface area contributed by atoms with Gasteiger partial charge in [-0.05, 0) is 6.92 Å². The molecule has 0 radical (unpaired) electrons. The van der Waals surface area contributed by atoms with Gasteiger partial charge in [0, 0.05) is 32.6 Å². The Bertz CT molecular complexity index is 299. The third-order valence-electron chi connectivity index (χ3n) is 2.38. The molecule has 0 spiro atoms. The largest absolute Gasteiger partial charge is 0.424 e. The number of aryl methyl sites for hydroxylation is 1. The van der Waals surface area contributed by atoms with Crippen LogP contribution in [-0.4, -0.2) is 40.8 Å². The Balaban J connectivity index is 1.90. The predicted octanol–water partition coefficient (Wildman–Crippen LogP) is 0.172. The van der Waals surface area contributed by atoms with E-state index in [1.165, 1.54) is 0 Å². The van der Waals surface area contributed by atoms with Crippen LogP contribution in [0.2, 0.25) is 0 Å². The fourth-order valence-corrected chi connectivity index (χ4v) is 1.75. The van der Waals surface area contributed by atoms with Crippen molar-refractivity contribution in [2.45, 2.75) is 26.4 Å². The maximum Gasteiger partial charge on any atom is 0.230 e. The first-order valence-electron chi connectivity index (χ1n) is 4.99. The van der Waals surface area contributed by atoms with E-state index < -0.39 is 0 Å². The molecule has 2 heterocycles. The van der Waals surface area contributed by atoms with Crippen molar-refractivity contribution < 1.29 is 4.42 Å². The molecule has 78 valence electrons. The number of nitrogens with one attached hydrogen (secondary N) is 1. The second-order valence-corrected chi connectivity index (χ2v) is 3.81. The molecule has 14 heavy (non-hydrogen) atoms. The van der Waals surface area contributed by atoms with E-state index in [1.54, 1.807) is 0 Å². The number of piperazine rings is 1. The van der Waals surface area contributed by atoms with Crippen LogP contribution in [0.4, 0.5) is 0 Å². The zero-order valence-electron chi connectivity index (χ0n) is 8.66. The van der Waals surface area contributed by atoms with E-state index in [0.717, 1.165) is 32.1 Å². The van der Waals surface area contributed by atoms with Crippen LogP contribution in [0.25, 0.3) is 0 Å². The van der Waals surface area contributed by atoms with Crippen molar-refractivity contribution in [2.24, 2.45) is 0 Å². The number of rotatable bonds is 2. The summed E-state index contributed by atoms with van der Waals surface area (Å²) >= 11 is 0. The maximum absolute atomic E-state index is 5.34. The van der Waals surface area contributed by atoms with Gasteiger partial charge < -0.3 is 9.73 Å². The van der Waals surface area contributed by atoms with Crippen molar-refractivity contribution in [3.63, 3.8) is 0 Å². The fraction of sp³-hybridized carbons (Fsp3) is 0.778. The molecule has 0 amide bonds. The summed E-state index contributed by atoms with van der Waals surface area (Å²) in [4.78, 5) is 2.33. The topological polar surface area (TPSA) is 54.2 Å². The predicted molar refractivity (Wildman–Crippen MR) is 51.8 cm³/mol. The second-order valence-electron chi connectivity index (χ2n) is 3.81. The molecule has 1 aliphatic rings. The highest BCUT2D eigenvalue weighted by molar-refractivity contribution is 4.82. The number of nitrogens with zero attached hydrogens (tertiary/aromatic N) is 3. The average molecular weight is 196 g/mol. The lowest BCUT2D eigenvalue weighted by Crippen LogP contribution is -2.48. The molecule has 5 nitrogen and oxygen atoms in total. The molecule has 0 bridgehead atoms. The molecular formula is C9H16N4O. The van der Waals surface area contributed by atoms with Crippen molar-refractivity contribution in [3.8, 4) is 0 Å². The molecule has 0 unspecified atom stereocenters. The van der Waals surface area contributed by atoms with Crippen molar-refractivity contribution in [3.05, 3.63) is 11.8 Å². The molecule has 2 rings (SSSR count). The molecule has 1 aromatic rings. The first kappa shape index (κ1) is 9.61. The Hall–Kier alpha value is -0.940. The van der Waals surface area contributed by atoms with E-state index in [1.807, 2.05) is 6.92 Å². The van der Waals surface area contributed by atoms with Crippen LogP contribution < -0.4 is 5.32 Å². The zero-order valence-corrected chi connectivity index (χ0v) is 8.66. The van der Waals surface area contributed by atoms with Crippen molar-refractivity contribution >= 4 is 0 Å². The van der Waals surface area contributed by atoms with Gasteiger partial charge in [0.05, 0.1) is 6.54 Å². The highest BCUT2D eigenvalue weighted by Gasteiger charge is 2.17. The van der Waals surface area contributed by atoms with Gasteiger partial charge in [-0.2, -0.15) is 0 Å². The Morgan fingerprint density at radius 2 is 2.43 bits per heavy atom. The minimum atomic E-state index is 0.549. The van der Waals surface area contributed by atoms with Gasteiger partial charge in [-0.25, -0.2) is 0 Å². The normalized spacial score (nSPS) is 24.0. The standard InChI is InChI=1S/C9H16N4O/c1-7-5-13(4-3-10-7)6-9-12-11-8(2)14-9/h7,10H,3-6H2,1-2H3/t7-/m1/s1. The van der Waals surface area contributed by atoms with Crippen LogP contribution in [0.15, 0.2) is 4.42 Å². The van der Waals surface area contributed by atoms with Crippen molar-refractivity contribution in [1.82, 2.24) is 20.4 Å². The van der Waals surface area contributed by atoms with Crippen LogP contribution in [-0.2, 0) is 6.54 Å². The van der Waals surface area contributed by atoms with Crippen molar-refractivity contribution in [2.75, 3.05) is 19.6 Å². The third kappa shape index (κ3) is 2.30. The molecule has 1 fully saturated rings. The van der Waals surface area contributed by atoms with Crippen LogP contribution in [0.5, 0.6) is 0 Å². The summed E-state index contributed by atoms with van der Waals surface area (Å²) in [5.74, 6) is 1.36. The minimum Gasteiger partial charge on any atom is -0.424 e. The molecule has 1 N–H and O–H groups in total. The summed E-state index contributed by atoms with van der Waals surface area (Å²) in [5, 5.41) is 11.2. The molecule has 1 saturated heterocycles. The van der Waals surface area contributed by atoms with Gasteiger partial charge in [0.25, 0.3) is 0 Å². The molecule has 1 atom stereocenters. The Morgan fingerprint density at radius 1 is 1.57 bits per heavy atom. The van der Waals surface area contributed by atoms with E-state index in [4.69, 9.17) is 4.42 Å². The number of hydrogen-bond donors (Lipinski definition) is 1. The molecule has 0 saturated carbocycles. The summed E-state index contributed by atoms with van der Waals surface area (Å²) < 4.78 is 5.34. The average Bonchev–Trinajstić information content (AvgIpc) is 2.51. The van der Waals surface area contributed by atoms with Crippen LogP contribution in [0.3, 0.4) is 0 Å². The molecular weight excluding hydrogens is 180 g/mol. The molecule has 0 aliphatic carbocycles. The van der Waals surface area contributed by atoms with Crippen LogP contribution in [0, 0.1) is 6.92 Å². The summed E-state index contributed by atoms with van der Waals surface area (Å²) in [6.07, 6.45) is 0. The Labute approximate surface area is 83.5 Å². The summed E-state index contributed by atoms with van der Waals surface area (Å²) in [6.45, 7) is 7.90. The van der Waals surface area contributed by atoms with Gasteiger partial charge in [0.15, 0.2) is 0 Å². The second kappa shape index (κ2) is 4.06. The van der Waals surface area contributed by atoms with E-state index in [9.17, 15) is 0 Å². The molecule has 0 aromatic carbocycles. The SMILES string of the molecule is Cc1nnc(CN2CCN[C@H](C)C2)o1. The Kier molecular flexibility index (Phi) is 2.79. The van der Waals surface area contributed by atoms with E-state index in [0.29, 0.717) is 11.9 Å². The lowest BCUT2D eigenvalue weighted by atomic mass is 10.2. The quantitative estimate of drug-likeness (QED) is 0.731.